The molecular formula is C23H27ClN4O2S. The number of anilines is 1. The number of rotatable bonds is 5. The van der Waals surface area contributed by atoms with Gasteiger partial charge in [-0.25, -0.2) is 4.79 Å². The molecule has 0 spiro atoms. The molecule has 1 N–H and O–H groups in total. The molecule has 2 atom stereocenters. The molecule has 2 saturated heterocycles. The van der Waals surface area contributed by atoms with Crippen molar-refractivity contribution in [3.05, 3.63) is 51.2 Å². The summed E-state index contributed by atoms with van der Waals surface area (Å²) in [5.41, 5.74) is 2.37. The van der Waals surface area contributed by atoms with Crippen LogP contribution in [0.15, 0.2) is 36.4 Å². The minimum Gasteiger partial charge on any atom is -0.346 e. The lowest BCUT2D eigenvalue weighted by atomic mass is 9.71. The highest BCUT2D eigenvalue weighted by molar-refractivity contribution is 7.18. The van der Waals surface area contributed by atoms with Crippen LogP contribution in [-0.4, -0.2) is 61.0 Å². The highest BCUT2D eigenvalue weighted by Gasteiger charge is 2.47. The van der Waals surface area contributed by atoms with Gasteiger partial charge in [-0.2, -0.15) is 0 Å². The minimum absolute atomic E-state index is 0.00805. The van der Waals surface area contributed by atoms with Gasteiger partial charge in [0.05, 0.1) is 27.8 Å². The zero-order valence-corrected chi connectivity index (χ0v) is 19.4. The molecule has 31 heavy (non-hydrogen) atoms. The first-order chi connectivity index (χ1) is 14.9. The fraction of sp³-hybridized carbons (Fsp3) is 0.478. The zero-order chi connectivity index (χ0) is 21.8. The van der Waals surface area contributed by atoms with Gasteiger partial charge >= 0.3 is 6.03 Å². The Kier molecular flexibility index (Phi) is 5.23. The molecule has 0 radical (unpaired) electrons. The van der Waals surface area contributed by atoms with Gasteiger partial charge in [-0.05, 0) is 69.6 Å². The lowest BCUT2D eigenvalue weighted by molar-refractivity contribution is 0.0577. The summed E-state index contributed by atoms with van der Waals surface area (Å²) in [6.45, 7) is 1.26. The highest BCUT2D eigenvalue weighted by Crippen LogP contribution is 2.45. The Morgan fingerprint density at radius 2 is 1.94 bits per heavy atom. The third-order valence-corrected chi connectivity index (χ3v) is 8.49. The Morgan fingerprint density at radius 3 is 2.52 bits per heavy atom. The molecule has 8 heteroatoms. The Morgan fingerprint density at radius 1 is 1.19 bits per heavy atom. The van der Waals surface area contributed by atoms with Gasteiger partial charge in [0.2, 0.25) is 0 Å². The average Bonchev–Trinajstić information content (AvgIpc) is 3.39. The second-order valence-corrected chi connectivity index (χ2v) is 10.7. The second-order valence-electron chi connectivity index (χ2n) is 8.95. The van der Waals surface area contributed by atoms with Crippen LogP contribution >= 0.6 is 22.9 Å². The smallest absolute Gasteiger partial charge is 0.324 e. The van der Waals surface area contributed by atoms with Crippen molar-refractivity contribution in [1.29, 1.82) is 0 Å². The van der Waals surface area contributed by atoms with Crippen molar-refractivity contribution in [2.75, 3.05) is 32.1 Å². The van der Waals surface area contributed by atoms with Gasteiger partial charge in [-0.15, -0.1) is 11.3 Å². The van der Waals surface area contributed by atoms with Crippen molar-refractivity contribution < 1.29 is 9.59 Å². The van der Waals surface area contributed by atoms with E-state index in [0.29, 0.717) is 22.3 Å². The van der Waals surface area contributed by atoms with Crippen LogP contribution in [0.1, 0.15) is 40.9 Å². The molecule has 3 heterocycles. The molecule has 3 fully saturated rings. The molecule has 2 aromatic rings. The summed E-state index contributed by atoms with van der Waals surface area (Å²) in [4.78, 5) is 32.3. The second kappa shape index (κ2) is 7.80. The zero-order valence-electron chi connectivity index (χ0n) is 17.8. The van der Waals surface area contributed by atoms with Crippen molar-refractivity contribution in [1.82, 2.24) is 15.1 Å². The number of urea groups is 1. The third kappa shape index (κ3) is 3.43. The SMILES string of the molecule is CN(C)C1(c2ccc(N3C[C@@H]4[C@H](NC(=O)c5ccc(Cl)s5)CCN4C3=O)cc2)CCC1. The van der Waals surface area contributed by atoms with Crippen LogP contribution in [0.2, 0.25) is 4.34 Å². The van der Waals surface area contributed by atoms with Crippen molar-refractivity contribution in [3.63, 3.8) is 0 Å². The predicted molar refractivity (Wildman–Crippen MR) is 124 cm³/mol. The van der Waals surface area contributed by atoms with Crippen molar-refractivity contribution in [2.45, 2.75) is 43.3 Å². The first-order valence-electron chi connectivity index (χ1n) is 10.8. The van der Waals surface area contributed by atoms with Gasteiger partial charge in [0.25, 0.3) is 5.91 Å². The summed E-state index contributed by atoms with van der Waals surface area (Å²) >= 11 is 7.24. The van der Waals surface area contributed by atoms with E-state index in [1.54, 1.807) is 12.1 Å². The fourth-order valence-electron chi connectivity index (χ4n) is 5.25. The largest absolute Gasteiger partial charge is 0.346 e. The number of nitrogens with zero attached hydrogens (tertiary/aromatic N) is 3. The maximum atomic E-state index is 13.1. The lowest BCUT2D eigenvalue weighted by Gasteiger charge is -2.48. The number of benzene rings is 1. The molecule has 3 aliphatic rings. The Labute approximate surface area is 191 Å². The third-order valence-electron chi connectivity index (χ3n) is 7.26. The summed E-state index contributed by atoms with van der Waals surface area (Å²) in [6.07, 6.45) is 4.38. The van der Waals surface area contributed by atoms with E-state index < -0.39 is 0 Å². The van der Waals surface area contributed by atoms with Crippen LogP contribution in [0, 0.1) is 0 Å². The molecular weight excluding hydrogens is 432 g/mol. The van der Waals surface area contributed by atoms with Crippen LogP contribution in [0.4, 0.5) is 10.5 Å². The van der Waals surface area contributed by atoms with Gasteiger partial charge in [0, 0.05) is 17.8 Å². The molecule has 1 aromatic carbocycles. The lowest BCUT2D eigenvalue weighted by Crippen LogP contribution is -2.47. The van der Waals surface area contributed by atoms with E-state index in [0.717, 1.165) is 12.1 Å². The first-order valence-corrected chi connectivity index (χ1v) is 12.0. The molecule has 164 valence electrons. The summed E-state index contributed by atoms with van der Waals surface area (Å²) < 4.78 is 0.599. The topological polar surface area (TPSA) is 55.9 Å². The Bertz CT molecular complexity index is 1000. The first kappa shape index (κ1) is 20.8. The summed E-state index contributed by atoms with van der Waals surface area (Å²) in [5.74, 6) is -0.117. The number of amides is 3. The van der Waals surface area contributed by atoms with E-state index in [4.69, 9.17) is 11.6 Å². The van der Waals surface area contributed by atoms with Crippen molar-refractivity contribution in [3.8, 4) is 0 Å². The van der Waals surface area contributed by atoms with E-state index in [2.05, 4.69) is 48.6 Å². The van der Waals surface area contributed by atoms with E-state index in [1.807, 2.05) is 9.80 Å². The van der Waals surface area contributed by atoms with Gasteiger partial charge in [0.1, 0.15) is 0 Å². The molecule has 5 rings (SSSR count). The standard InChI is InChI=1S/C23H27ClN4O2S/c1-26(2)23(11-3-12-23)15-4-6-16(7-5-15)28-14-18-17(10-13-27(18)22(28)30)25-21(29)19-8-9-20(24)31-19/h4-9,17-18H,3,10-14H2,1-2H3,(H,25,29)/t17-,18-/m1/s1. The molecule has 0 bridgehead atoms. The van der Waals surface area contributed by atoms with Gasteiger partial charge in [-0.3, -0.25) is 14.6 Å². The molecule has 1 saturated carbocycles. The molecule has 3 amide bonds. The predicted octanol–water partition coefficient (Wildman–Crippen LogP) is 4.16. The number of hydrogen-bond acceptors (Lipinski definition) is 4. The van der Waals surface area contributed by atoms with Crippen LogP contribution in [0.3, 0.4) is 0 Å². The number of halogens is 1. The number of fused-ring (bicyclic) bond motifs is 1. The summed E-state index contributed by atoms with van der Waals surface area (Å²) in [5, 5.41) is 3.12. The fourth-order valence-corrected chi connectivity index (χ4v) is 6.20. The van der Waals surface area contributed by atoms with E-state index in [1.165, 1.54) is 36.2 Å². The number of carbonyl (C=O) groups is 2. The number of carbonyl (C=O) groups excluding carboxylic acids is 2. The summed E-state index contributed by atoms with van der Waals surface area (Å²) in [7, 11) is 4.29. The van der Waals surface area contributed by atoms with E-state index >= 15 is 0 Å². The van der Waals surface area contributed by atoms with Gasteiger partial charge < -0.3 is 10.2 Å². The maximum absolute atomic E-state index is 13.1. The van der Waals surface area contributed by atoms with Gasteiger partial charge in [0.15, 0.2) is 0 Å². The number of nitrogens with one attached hydrogen (secondary N) is 1. The normalized spacial score (nSPS) is 24.5. The Balaban J connectivity index is 1.29. The molecule has 1 aliphatic carbocycles. The van der Waals surface area contributed by atoms with Crippen LogP contribution < -0.4 is 10.2 Å². The monoisotopic (exact) mass is 458 g/mol. The number of thiophene rings is 1. The van der Waals surface area contributed by atoms with E-state index in [-0.39, 0.29) is 29.6 Å². The van der Waals surface area contributed by atoms with Crippen molar-refractivity contribution in [2.24, 2.45) is 0 Å². The number of hydrogen-bond donors (Lipinski definition) is 1. The molecule has 2 aliphatic heterocycles. The minimum atomic E-state index is -0.117. The summed E-state index contributed by atoms with van der Waals surface area (Å²) in [6, 6.07) is 11.9. The van der Waals surface area contributed by atoms with Crippen molar-refractivity contribution >= 4 is 40.6 Å². The van der Waals surface area contributed by atoms with Crippen LogP contribution in [-0.2, 0) is 5.54 Å². The molecule has 1 aromatic heterocycles. The highest BCUT2D eigenvalue weighted by atomic mass is 35.5. The molecule has 6 nitrogen and oxygen atoms in total. The van der Waals surface area contributed by atoms with Crippen LogP contribution in [0.25, 0.3) is 0 Å². The van der Waals surface area contributed by atoms with E-state index in [9.17, 15) is 9.59 Å². The Hall–Kier alpha value is -2.09. The van der Waals surface area contributed by atoms with Gasteiger partial charge in [-0.1, -0.05) is 23.7 Å². The average molecular weight is 459 g/mol. The molecule has 0 unspecified atom stereocenters. The maximum Gasteiger partial charge on any atom is 0.324 e. The quantitative estimate of drug-likeness (QED) is 0.732. The van der Waals surface area contributed by atoms with Crippen LogP contribution in [0.5, 0.6) is 0 Å².